The molecule has 0 fully saturated rings. The number of aromatic nitrogens is 3. The third-order valence-corrected chi connectivity index (χ3v) is 4.48. The Hall–Kier alpha value is -3.29. The zero-order valence-corrected chi connectivity index (χ0v) is 16.2. The van der Waals surface area contributed by atoms with Crippen LogP contribution < -0.4 is 10.6 Å². The lowest BCUT2D eigenvalue weighted by Crippen LogP contribution is -2.47. The van der Waals surface area contributed by atoms with Gasteiger partial charge in [0, 0.05) is 12.4 Å². The first-order valence-electron chi connectivity index (χ1n) is 8.93. The molecular weight excluding hydrogens is 361 g/mol. The molecule has 7 nitrogen and oxygen atoms in total. The summed E-state index contributed by atoms with van der Waals surface area (Å²) in [6.45, 7) is 5.47. The lowest BCUT2D eigenvalue weighted by Gasteiger charge is -2.22. The Bertz CT molecular complexity index is 1040. The van der Waals surface area contributed by atoms with Crippen molar-refractivity contribution in [2.75, 3.05) is 5.32 Å². The van der Waals surface area contributed by atoms with Crippen molar-refractivity contribution in [2.24, 2.45) is 13.0 Å². The van der Waals surface area contributed by atoms with Gasteiger partial charge in [0.2, 0.25) is 5.91 Å². The van der Waals surface area contributed by atoms with E-state index in [0.717, 1.165) is 11.1 Å². The molecule has 0 spiro atoms. The SMILES string of the molecule is Cc1nn(C)c2ncc(NC(=O)C(NC(=O)c3ccccc3F)C(C)C)cc12. The quantitative estimate of drug-likeness (QED) is 0.709. The van der Waals surface area contributed by atoms with E-state index in [2.05, 4.69) is 20.7 Å². The van der Waals surface area contributed by atoms with E-state index in [4.69, 9.17) is 0 Å². The van der Waals surface area contributed by atoms with E-state index in [9.17, 15) is 14.0 Å². The molecule has 146 valence electrons. The third kappa shape index (κ3) is 3.85. The van der Waals surface area contributed by atoms with E-state index >= 15 is 0 Å². The monoisotopic (exact) mass is 383 g/mol. The van der Waals surface area contributed by atoms with Gasteiger partial charge in [-0.25, -0.2) is 9.37 Å². The van der Waals surface area contributed by atoms with Crippen LogP contribution in [0.1, 0.15) is 29.9 Å². The van der Waals surface area contributed by atoms with Gasteiger partial charge < -0.3 is 10.6 Å². The zero-order chi connectivity index (χ0) is 20.4. The fourth-order valence-corrected chi connectivity index (χ4v) is 3.00. The summed E-state index contributed by atoms with van der Waals surface area (Å²) in [4.78, 5) is 29.5. The van der Waals surface area contributed by atoms with Gasteiger partial charge in [0.1, 0.15) is 11.9 Å². The van der Waals surface area contributed by atoms with Crippen LogP contribution in [-0.2, 0) is 11.8 Å². The average molecular weight is 383 g/mol. The number of anilines is 1. The van der Waals surface area contributed by atoms with Gasteiger partial charge in [0.25, 0.3) is 5.91 Å². The van der Waals surface area contributed by atoms with Crippen LogP contribution in [0.5, 0.6) is 0 Å². The molecule has 2 amide bonds. The van der Waals surface area contributed by atoms with E-state index in [1.54, 1.807) is 37.7 Å². The normalized spacial score (nSPS) is 12.2. The second-order valence-corrected chi connectivity index (χ2v) is 6.97. The van der Waals surface area contributed by atoms with Crippen LogP contribution in [0.4, 0.5) is 10.1 Å². The highest BCUT2D eigenvalue weighted by Gasteiger charge is 2.26. The number of hydrogen-bond acceptors (Lipinski definition) is 4. The number of aryl methyl sites for hydroxylation is 2. The highest BCUT2D eigenvalue weighted by atomic mass is 19.1. The highest BCUT2D eigenvalue weighted by molar-refractivity contribution is 6.02. The fourth-order valence-electron chi connectivity index (χ4n) is 3.00. The summed E-state index contributed by atoms with van der Waals surface area (Å²) in [7, 11) is 1.80. The molecule has 0 bridgehead atoms. The van der Waals surface area contributed by atoms with Gasteiger partial charge in [-0.1, -0.05) is 26.0 Å². The van der Waals surface area contributed by atoms with Crippen molar-refractivity contribution in [2.45, 2.75) is 26.8 Å². The molecule has 1 aromatic carbocycles. The molecule has 0 saturated carbocycles. The number of carbonyl (C=O) groups is 2. The van der Waals surface area contributed by atoms with Crippen LogP contribution in [-0.4, -0.2) is 32.6 Å². The molecule has 0 aliphatic rings. The molecule has 3 rings (SSSR count). The molecule has 0 radical (unpaired) electrons. The van der Waals surface area contributed by atoms with Gasteiger partial charge in [-0.2, -0.15) is 5.10 Å². The number of fused-ring (bicyclic) bond motifs is 1. The van der Waals surface area contributed by atoms with Crippen LogP contribution in [0.15, 0.2) is 36.5 Å². The van der Waals surface area contributed by atoms with Gasteiger partial charge in [0.05, 0.1) is 23.1 Å². The van der Waals surface area contributed by atoms with Crippen molar-refractivity contribution < 1.29 is 14.0 Å². The number of carbonyl (C=O) groups excluding carboxylic acids is 2. The average Bonchev–Trinajstić information content (AvgIpc) is 2.93. The molecule has 0 saturated heterocycles. The predicted octanol–water partition coefficient (Wildman–Crippen LogP) is 2.81. The first kappa shape index (κ1) is 19.5. The van der Waals surface area contributed by atoms with E-state index in [0.29, 0.717) is 11.3 Å². The standard InChI is InChI=1S/C20H22FN5O2/c1-11(2)17(24-19(27)14-7-5-6-8-16(14)21)20(28)23-13-9-15-12(3)25-26(4)18(15)22-10-13/h5-11,17H,1-4H3,(H,23,28)(H,24,27). The second kappa shape index (κ2) is 7.75. The maximum absolute atomic E-state index is 13.9. The molecule has 2 heterocycles. The first-order valence-corrected chi connectivity index (χ1v) is 8.93. The summed E-state index contributed by atoms with van der Waals surface area (Å²) in [6.07, 6.45) is 1.54. The summed E-state index contributed by atoms with van der Waals surface area (Å²) in [5.41, 5.74) is 1.91. The number of hydrogen-bond donors (Lipinski definition) is 2. The number of rotatable bonds is 5. The van der Waals surface area contributed by atoms with Gasteiger partial charge >= 0.3 is 0 Å². The molecule has 2 N–H and O–H groups in total. The van der Waals surface area contributed by atoms with Crippen molar-refractivity contribution in [3.8, 4) is 0 Å². The fraction of sp³-hybridized carbons (Fsp3) is 0.300. The molecule has 1 unspecified atom stereocenters. The van der Waals surface area contributed by atoms with Crippen molar-refractivity contribution >= 4 is 28.5 Å². The number of halogens is 1. The van der Waals surface area contributed by atoms with Crippen LogP contribution in [0.3, 0.4) is 0 Å². The molecule has 0 aliphatic heterocycles. The molecule has 2 aromatic heterocycles. The van der Waals surface area contributed by atoms with Crippen LogP contribution >= 0.6 is 0 Å². The molecule has 8 heteroatoms. The minimum absolute atomic E-state index is 0.102. The van der Waals surface area contributed by atoms with E-state index in [-0.39, 0.29) is 11.5 Å². The maximum Gasteiger partial charge on any atom is 0.254 e. The Kier molecular flexibility index (Phi) is 5.39. The van der Waals surface area contributed by atoms with E-state index in [1.807, 2.05) is 6.92 Å². The number of pyridine rings is 1. The molecule has 1 atom stereocenters. The summed E-state index contributed by atoms with van der Waals surface area (Å²) >= 11 is 0. The number of amides is 2. The Labute approximate surface area is 162 Å². The lowest BCUT2D eigenvalue weighted by molar-refractivity contribution is -0.118. The summed E-state index contributed by atoms with van der Waals surface area (Å²) < 4.78 is 15.5. The Morgan fingerprint density at radius 2 is 1.93 bits per heavy atom. The molecule has 0 aliphatic carbocycles. The van der Waals surface area contributed by atoms with Crippen LogP contribution in [0.25, 0.3) is 11.0 Å². The van der Waals surface area contributed by atoms with Crippen molar-refractivity contribution in [1.82, 2.24) is 20.1 Å². The summed E-state index contributed by atoms with van der Waals surface area (Å²) in [5.74, 6) is -1.87. The third-order valence-electron chi connectivity index (χ3n) is 4.48. The number of nitrogens with zero attached hydrogens (tertiary/aromatic N) is 3. The molecule has 3 aromatic rings. The Morgan fingerprint density at radius 1 is 1.21 bits per heavy atom. The topological polar surface area (TPSA) is 88.9 Å². The summed E-state index contributed by atoms with van der Waals surface area (Å²) in [6, 6.07) is 6.61. The van der Waals surface area contributed by atoms with E-state index < -0.39 is 23.7 Å². The van der Waals surface area contributed by atoms with Crippen LogP contribution in [0.2, 0.25) is 0 Å². The highest BCUT2D eigenvalue weighted by Crippen LogP contribution is 2.20. The predicted molar refractivity (Wildman–Crippen MR) is 104 cm³/mol. The van der Waals surface area contributed by atoms with Gasteiger partial charge in [-0.15, -0.1) is 0 Å². The summed E-state index contributed by atoms with van der Waals surface area (Å²) in [5, 5.41) is 10.5. The second-order valence-electron chi connectivity index (χ2n) is 6.97. The molecular formula is C20H22FN5O2. The number of nitrogens with one attached hydrogen (secondary N) is 2. The number of benzene rings is 1. The Morgan fingerprint density at radius 3 is 2.61 bits per heavy atom. The Balaban J connectivity index is 1.79. The molecule has 28 heavy (non-hydrogen) atoms. The van der Waals surface area contributed by atoms with Crippen molar-refractivity contribution in [3.05, 3.63) is 53.6 Å². The van der Waals surface area contributed by atoms with Gasteiger partial charge in [-0.3, -0.25) is 14.3 Å². The van der Waals surface area contributed by atoms with Crippen molar-refractivity contribution in [1.29, 1.82) is 0 Å². The van der Waals surface area contributed by atoms with Gasteiger partial charge in [0.15, 0.2) is 5.65 Å². The minimum Gasteiger partial charge on any atom is -0.340 e. The van der Waals surface area contributed by atoms with Gasteiger partial charge in [-0.05, 0) is 31.0 Å². The van der Waals surface area contributed by atoms with Crippen LogP contribution in [0, 0.1) is 18.7 Å². The zero-order valence-electron chi connectivity index (χ0n) is 16.2. The minimum atomic E-state index is -0.835. The lowest BCUT2D eigenvalue weighted by atomic mass is 10.0. The smallest absolute Gasteiger partial charge is 0.254 e. The maximum atomic E-state index is 13.9. The van der Waals surface area contributed by atoms with Crippen molar-refractivity contribution in [3.63, 3.8) is 0 Å². The first-order chi connectivity index (χ1) is 13.3. The largest absolute Gasteiger partial charge is 0.340 e. The van der Waals surface area contributed by atoms with E-state index in [1.165, 1.54) is 24.4 Å².